The molecule has 142 valence electrons. The summed E-state index contributed by atoms with van der Waals surface area (Å²) in [6.45, 7) is 7.04. The summed E-state index contributed by atoms with van der Waals surface area (Å²) in [5.41, 5.74) is 9.35. The molecule has 2 aromatic heterocycles. The van der Waals surface area contributed by atoms with Gasteiger partial charge >= 0.3 is 0 Å². The van der Waals surface area contributed by atoms with Gasteiger partial charge < -0.3 is 15.6 Å². The summed E-state index contributed by atoms with van der Waals surface area (Å²) in [5, 5.41) is 5.82. The molecule has 0 saturated heterocycles. The maximum absolute atomic E-state index is 13.0. The largest absolute Gasteiger partial charge is 0.366 e. The van der Waals surface area contributed by atoms with Crippen LogP contribution in [0, 0.1) is 18.7 Å². The van der Waals surface area contributed by atoms with Crippen LogP contribution in [0.1, 0.15) is 36.3 Å². The highest BCUT2D eigenvalue weighted by atomic mass is 32.1. The van der Waals surface area contributed by atoms with E-state index in [0.717, 1.165) is 35.7 Å². The number of nitrogens with one attached hydrogen (secondary N) is 1. The molecule has 0 fully saturated rings. The van der Waals surface area contributed by atoms with Crippen molar-refractivity contribution in [3.63, 3.8) is 0 Å². The van der Waals surface area contributed by atoms with Crippen LogP contribution in [0.5, 0.6) is 0 Å². The van der Waals surface area contributed by atoms with E-state index in [-0.39, 0.29) is 5.82 Å². The molecule has 0 aliphatic carbocycles. The summed E-state index contributed by atoms with van der Waals surface area (Å²) >= 11 is 1.45. The van der Waals surface area contributed by atoms with Gasteiger partial charge in [-0.05, 0) is 49.6 Å². The van der Waals surface area contributed by atoms with Crippen LogP contribution < -0.4 is 11.1 Å². The van der Waals surface area contributed by atoms with E-state index in [1.807, 2.05) is 18.4 Å². The van der Waals surface area contributed by atoms with Crippen LogP contribution in [-0.4, -0.2) is 15.5 Å². The summed E-state index contributed by atoms with van der Waals surface area (Å²) in [4.78, 5) is 16.4. The molecule has 3 N–H and O–H groups in total. The minimum Gasteiger partial charge on any atom is -0.366 e. The van der Waals surface area contributed by atoms with Crippen molar-refractivity contribution in [3.8, 4) is 11.4 Å². The van der Waals surface area contributed by atoms with E-state index in [2.05, 4.69) is 28.7 Å². The first-order valence-electron chi connectivity index (χ1n) is 8.83. The lowest BCUT2D eigenvalue weighted by atomic mass is 10.1. The number of halogens is 1. The second-order valence-corrected chi connectivity index (χ2v) is 7.75. The van der Waals surface area contributed by atoms with E-state index in [0.29, 0.717) is 16.6 Å². The first kappa shape index (κ1) is 19.1. The number of aromatic nitrogens is 2. The monoisotopic (exact) mass is 386 g/mol. The van der Waals surface area contributed by atoms with Gasteiger partial charge in [0.1, 0.15) is 5.82 Å². The first-order valence-corrected chi connectivity index (χ1v) is 9.71. The Kier molecular flexibility index (Phi) is 5.60. The zero-order valence-corrected chi connectivity index (χ0v) is 16.4. The summed E-state index contributed by atoms with van der Waals surface area (Å²) in [6.07, 6.45) is 0.992. The summed E-state index contributed by atoms with van der Waals surface area (Å²) in [6, 6.07) is 7.94. The molecule has 0 aliphatic heterocycles. The summed E-state index contributed by atoms with van der Waals surface area (Å²) in [7, 11) is 0. The second kappa shape index (κ2) is 7.92. The summed E-state index contributed by atoms with van der Waals surface area (Å²) < 4.78 is 15.2. The number of carbonyl (C=O) groups excluding carboxylic acids is 1. The minimum atomic E-state index is -0.433. The standard InChI is InChI=1S/C20H23FN4OS/c1-12(2)8-9-25-13(3)16(19(22)26)10-18(25)17-11-27-20(24-17)23-15-6-4-14(21)5-7-15/h4-7,10-12H,8-9H2,1-3H3,(H2,22,26)(H,23,24). The van der Waals surface area contributed by atoms with Crippen LogP contribution in [-0.2, 0) is 6.54 Å². The Morgan fingerprint density at radius 3 is 2.67 bits per heavy atom. The molecule has 0 radical (unpaired) electrons. The molecule has 1 aromatic carbocycles. The number of nitrogens with zero attached hydrogens (tertiary/aromatic N) is 2. The van der Waals surface area contributed by atoms with Crippen LogP contribution in [0.3, 0.4) is 0 Å². The van der Waals surface area contributed by atoms with E-state index in [9.17, 15) is 9.18 Å². The van der Waals surface area contributed by atoms with Crippen LogP contribution in [0.25, 0.3) is 11.4 Å². The van der Waals surface area contributed by atoms with Crippen LogP contribution in [0.15, 0.2) is 35.7 Å². The maximum Gasteiger partial charge on any atom is 0.250 e. The average molecular weight is 386 g/mol. The number of hydrogen-bond donors (Lipinski definition) is 2. The van der Waals surface area contributed by atoms with Crippen molar-refractivity contribution in [3.05, 3.63) is 52.8 Å². The Bertz CT molecular complexity index is 944. The molecule has 27 heavy (non-hydrogen) atoms. The van der Waals surface area contributed by atoms with Crippen LogP contribution in [0.2, 0.25) is 0 Å². The number of nitrogens with two attached hydrogens (primary N) is 1. The van der Waals surface area contributed by atoms with Gasteiger partial charge in [-0.3, -0.25) is 4.79 Å². The topological polar surface area (TPSA) is 72.9 Å². The highest BCUT2D eigenvalue weighted by Crippen LogP contribution is 2.31. The van der Waals surface area contributed by atoms with Crippen molar-refractivity contribution in [2.24, 2.45) is 11.7 Å². The maximum atomic E-state index is 13.0. The number of primary amides is 1. The first-order chi connectivity index (χ1) is 12.8. The van der Waals surface area contributed by atoms with Crippen molar-refractivity contribution in [2.45, 2.75) is 33.7 Å². The fourth-order valence-electron chi connectivity index (χ4n) is 2.89. The average Bonchev–Trinajstić information content (AvgIpc) is 3.19. The molecule has 0 saturated carbocycles. The van der Waals surface area contributed by atoms with Gasteiger partial charge in [0.2, 0.25) is 0 Å². The number of amides is 1. The number of thiazole rings is 1. The Morgan fingerprint density at radius 2 is 2.04 bits per heavy atom. The van der Waals surface area contributed by atoms with Gasteiger partial charge in [-0.25, -0.2) is 9.37 Å². The van der Waals surface area contributed by atoms with Crippen molar-refractivity contribution in [2.75, 3.05) is 5.32 Å². The third-order valence-corrected chi connectivity index (χ3v) is 5.18. The predicted octanol–water partition coefficient (Wildman–Crippen LogP) is 4.95. The van der Waals surface area contributed by atoms with Crippen LogP contribution >= 0.6 is 11.3 Å². The number of anilines is 2. The molecule has 3 aromatic rings. The molecule has 1 amide bonds. The van der Waals surface area contributed by atoms with Gasteiger partial charge in [-0.15, -0.1) is 11.3 Å². The predicted molar refractivity (Wildman–Crippen MR) is 108 cm³/mol. The van der Waals surface area contributed by atoms with Gasteiger partial charge in [0.25, 0.3) is 5.91 Å². The molecular weight excluding hydrogens is 363 g/mol. The molecule has 2 heterocycles. The normalized spacial score (nSPS) is 11.1. The minimum absolute atomic E-state index is 0.280. The summed E-state index contributed by atoms with van der Waals surface area (Å²) in [5.74, 6) is -0.169. The molecule has 7 heteroatoms. The van der Waals surface area contributed by atoms with E-state index >= 15 is 0 Å². The second-order valence-electron chi connectivity index (χ2n) is 6.90. The molecule has 0 aliphatic rings. The fraction of sp³-hybridized carbons (Fsp3) is 0.300. The van der Waals surface area contributed by atoms with Crippen molar-refractivity contribution < 1.29 is 9.18 Å². The van der Waals surface area contributed by atoms with E-state index in [4.69, 9.17) is 5.73 Å². The van der Waals surface area contributed by atoms with E-state index in [1.54, 1.807) is 12.1 Å². The van der Waals surface area contributed by atoms with Gasteiger partial charge in [0, 0.05) is 23.3 Å². The van der Waals surface area contributed by atoms with Crippen molar-refractivity contribution >= 4 is 28.1 Å². The van der Waals surface area contributed by atoms with E-state index < -0.39 is 5.91 Å². The van der Waals surface area contributed by atoms with Gasteiger partial charge in [0.15, 0.2) is 5.13 Å². The Labute approximate surface area is 162 Å². The highest BCUT2D eigenvalue weighted by Gasteiger charge is 2.18. The van der Waals surface area contributed by atoms with Gasteiger partial charge in [0.05, 0.1) is 17.0 Å². The van der Waals surface area contributed by atoms with Gasteiger partial charge in [-0.2, -0.15) is 0 Å². The zero-order chi connectivity index (χ0) is 19.6. The molecule has 0 spiro atoms. The molecule has 5 nitrogen and oxygen atoms in total. The fourth-order valence-corrected chi connectivity index (χ4v) is 3.61. The Hall–Kier alpha value is -2.67. The number of rotatable bonds is 7. The van der Waals surface area contributed by atoms with E-state index in [1.165, 1.54) is 23.5 Å². The zero-order valence-electron chi connectivity index (χ0n) is 15.6. The SMILES string of the molecule is Cc1c(C(N)=O)cc(-c2csc(Nc3ccc(F)cc3)n2)n1CCC(C)C. The smallest absolute Gasteiger partial charge is 0.250 e. The molecule has 0 bridgehead atoms. The number of benzene rings is 1. The third kappa shape index (κ3) is 4.36. The number of hydrogen-bond acceptors (Lipinski definition) is 4. The molecule has 0 unspecified atom stereocenters. The highest BCUT2D eigenvalue weighted by molar-refractivity contribution is 7.14. The van der Waals surface area contributed by atoms with Crippen LogP contribution in [0.4, 0.5) is 15.2 Å². The Morgan fingerprint density at radius 1 is 1.33 bits per heavy atom. The molecule has 3 rings (SSSR count). The lowest BCUT2D eigenvalue weighted by molar-refractivity contribution is 0.0999. The van der Waals surface area contributed by atoms with Crippen molar-refractivity contribution in [1.29, 1.82) is 0 Å². The van der Waals surface area contributed by atoms with Crippen molar-refractivity contribution in [1.82, 2.24) is 9.55 Å². The molecule has 0 atom stereocenters. The van der Waals surface area contributed by atoms with Gasteiger partial charge in [-0.1, -0.05) is 13.8 Å². The third-order valence-electron chi connectivity index (χ3n) is 4.42. The Balaban J connectivity index is 1.91. The number of carbonyl (C=O) groups is 1. The quantitative estimate of drug-likeness (QED) is 0.603. The lowest BCUT2D eigenvalue weighted by Crippen LogP contribution is -2.13. The molecular formula is C20H23FN4OS. The lowest BCUT2D eigenvalue weighted by Gasteiger charge is -2.12.